The van der Waals surface area contributed by atoms with Gasteiger partial charge < -0.3 is 4.74 Å². The predicted octanol–water partition coefficient (Wildman–Crippen LogP) is 5.24. The highest BCUT2D eigenvalue weighted by Crippen LogP contribution is 2.30. The van der Waals surface area contributed by atoms with Gasteiger partial charge in [-0.25, -0.2) is 9.37 Å². The Morgan fingerprint density at radius 2 is 1.77 bits per heavy atom. The van der Waals surface area contributed by atoms with Crippen molar-refractivity contribution in [2.75, 3.05) is 0 Å². The summed E-state index contributed by atoms with van der Waals surface area (Å²) in [5, 5.41) is 9.29. The van der Waals surface area contributed by atoms with Gasteiger partial charge in [0, 0.05) is 17.0 Å². The quantitative estimate of drug-likeness (QED) is 0.509. The number of benzene rings is 2. The van der Waals surface area contributed by atoms with E-state index in [1.54, 1.807) is 25.3 Å². The van der Waals surface area contributed by atoms with Crippen molar-refractivity contribution in [1.82, 2.24) is 15.2 Å². The zero-order chi connectivity index (χ0) is 18.1. The van der Waals surface area contributed by atoms with Crippen molar-refractivity contribution in [3.63, 3.8) is 0 Å². The van der Waals surface area contributed by atoms with Crippen LogP contribution in [0.3, 0.4) is 0 Å². The fraction of sp³-hybridized carbons (Fsp3) is 0.0952. The van der Waals surface area contributed by atoms with E-state index >= 15 is 0 Å². The van der Waals surface area contributed by atoms with Gasteiger partial charge in [-0.15, -0.1) is 5.10 Å². The third-order valence-corrected chi connectivity index (χ3v) is 4.24. The number of halogens is 1. The maximum atomic E-state index is 13.2. The first-order valence-corrected chi connectivity index (χ1v) is 8.24. The molecule has 2 aromatic carbocycles. The third-order valence-electron chi connectivity index (χ3n) is 4.24. The minimum Gasteiger partial charge on any atom is -0.439 e. The van der Waals surface area contributed by atoms with Crippen molar-refractivity contribution >= 4 is 10.9 Å². The molecule has 0 spiro atoms. The summed E-state index contributed by atoms with van der Waals surface area (Å²) in [6, 6.07) is 16.1. The lowest BCUT2D eigenvalue weighted by Gasteiger charge is -2.10. The predicted molar refractivity (Wildman–Crippen MR) is 98.7 cm³/mol. The summed E-state index contributed by atoms with van der Waals surface area (Å²) in [6.07, 6.45) is 1.61. The molecule has 0 aliphatic heterocycles. The number of hydrogen-bond donors (Lipinski definition) is 0. The van der Waals surface area contributed by atoms with E-state index in [9.17, 15) is 4.39 Å². The van der Waals surface area contributed by atoms with Crippen LogP contribution in [-0.4, -0.2) is 15.2 Å². The number of rotatable bonds is 3. The van der Waals surface area contributed by atoms with E-state index in [-0.39, 0.29) is 5.82 Å². The monoisotopic (exact) mass is 345 g/mol. The van der Waals surface area contributed by atoms with Crippen LogP contribution in [0.1, 0.15) is 11.1 Å². The van der Waals surface area contributed by atoms with Crippen LogP contribution in [0.15, 0.2) is 60.8 Å². The first-order chi connectivity index (χ1) is 12.6. The van der Waals surface area contributed by atoms with Gasteiger partial charge in [-0.2, -0.15) is 5.10 Å². The van der Waals surface area contributed by atoms with Gasteiger partial charge in [-0.3, -0.25) is 0 Å². The Morgan fingerprint density at radius 3 is 2.58 bits per heavy atom. The standard InChI is InChI=1S/C21H16FN3O/c1-13-5-3-4-6-16(13)21-17-8-10-20(24-18(17)12-23-25-21)26-19-9-7-15(22)11-14(19)2/h3-12H,1-2H3. The molecule has 0 saturated carbocycles. The minimum absolute atomic E-state index is 0.292. The molecule has 0 bridgehead atoms. The van der Waals surface area contributed by atoms with Gasteiger partial charge in [0.25, 0.3) is 0 Å². The fourth-order valence-corrected chi connectivity index (χ4v) is 2.88. The molecule has 2 heterocycles. The highest BCUT2D eigenvalue weighted by molar-refractivity contribution is 5.92. The molecule has 26 heavy (non-hydrogen) atoms. The van der Waals surface area contributed by atoms with Gasteiger partial charge in [0.15, 0.2) is 0 Å². The van der Waals surface area contributed by atoms with Gasteiger partial charge in [0.05, 0.1) is 11.7 Å². The largest absolute Gasteiger partial charge is 0.439 e. The van der Waals surface area contributed by atoms with Crippen LogP contribution in [0.4, 0.5) is 4.39 Å². The molecular formula is C21H16FN3O. The molecule has 4 rings (SSSR count). The van der Waals surface area contributed by atoms with Gasteiger partial charge in [0.2, 0.25) is 5.88 Å². The van der Waals surface area contributed by atoms with Crippen molar-refractivity contribution in [3.05, 3.63) is 77.7 Å². The molecule has 0 amide bonds. The van der Waals surface area contributed by atoms with Crippen LogP contribution in [0.5, 0.6) is 11.6 Å². The minimum atomic E-state index is -0.292. The Hall–Kier alpha value is -3.34. The molecule has 0 aliphatic rings. The van der Waals surface area contributed by atoms with Gasteiger partial charge in [-0.1, -0.05) is 24.3 Å². The van der Waals surface area contributed by atoms with Crippen molar-refractivity contribution in [2.24, 2.45) is 0 Å². The van der Waals surface area contributed by atoms with E-state index in [1.807, 2.05) is 37.3 Å². The Morgan fingerprint density at radius 1 is 0.923 bits per heavy atom. The third kappa shape index (κ3) is 2.99. The van der Waals surface area contributed by atoms with Crippen molar-refractivity contribution < 1.29 is 9.13 Å². The lowest BCUT2D eigenvalue weighted by Crippen LogP contribution is -1.95. The zero-order valence-electron chi connectivity index (χ0n) is 14.4. The van der Waals surface area contributed by atoms with Crippen LogP contribution in [0, 0.1) is 19.7 Å². The molecule has 0 fully saturated rings. The first-order valence-electron chi connectivity index (χ1n) is 8.24. The second-order valence-electron chi connectivity index (χ2n) is 6.10. The van der Waals surface area contributed by atoms with Gasteiger partial charge >= 0.3 is 0 Å². The van der Waals surface area contributed by atoms with Crippen LogP contribution >= 0.6 is 0 Å². The van der Waals surface area contributed by atoms with Crippen LogP contribution in [-0.2, 0) is 0 Å². The van der Waals surface area contributed by atoms with Gasteiger partial charge in [0.1, 0.15) is 17.3 Å². The second-order valence-corrected chi connectivity index (χ2v) is 6.10. The number of fused-ring (bicyclic) bond motifs is 1. The van der Waals surface area contributed by atoms with E-state index in [4.69, 9.17) is 4.74 Å². The first kappa shape index (κ1) is 16.1. The summed E-state index contributed by atoms with van der Waals surface area (Å²) >= 11 is 0. The lowest BCUT2D eigenvalue weighted by molar-refractivity contribution is 0.459. The molecule has 0 aliphatic carbocycles. The number of aryl methyl sites for hydroxylation is 2. The molecule has 4 nitrogen and oxygen atoms in total. The second kappa shape index (κ2) is 6.52. The summed E-state index contributed by atoms with van der Waals surface area (Å²) in [5.41, 5.74) is 4.33. The normalized spacial score (nSPS) is 10.9. The topological polar surface area (TPSA) is 47.9 Å². The Balaban J connectivity index is 1.76. The smallest absolute Gasteiger partial charge is 0.219 e. The summed E-state index contributed by atoms with van der Waals surface area (Å²) in [5.74, 6) is 0.704. The molecule has 0 atom stereocenters. The molecule has 0 N–H and O–H groups in total. The maximum Gasteiger partial charge on any atom is 0.219 e. The number of pyridine rings is 1. The van der Waals surface area contributed by atoms with E-state index in [0.29, 0.717) is 22.7 Å². The molecule has 0 saturated heterocycles. The summed E-state index contributed by atoms with van der Waals surface area (Å²) in [6.45, 7) is 3.83. The highest BCUT2D eigenvalue weighted by atomic mass is 19.1. The number of nitrogens with zero attached hydrogens (tertiary/aromatic N) is 3. The molecule has 4 aromatic rings. The Bertz CT molecular complexity index is 1110. The van der Waals surface area contributed by atoms with Crippen molar-refractivity contribution in [1.29, 1.82) is 0 Å². The van der Waals surface area contributed by atoms with Crippen LogP contribution in [0.25, 0.3) is 22.2 Å². The highest BCUT2D eigenvalue weighted by Gasteiger charge is 2.11. The average Bonchev–Trinajstić information content (AvgIpc) is 2.64. The van der Waals surface area contributed by atoms with Crippen molar-refractivity contribution in [2.45, 2.75) is 13.8 Å². The van der Waals surface area contributed by atoms with Gasteiger partial charge in [-0.05, 0) is 49.2 Å². The Kier molecular flexibility index (Phi) is 4.05. The van der Waals surface area contributed by atoms with Crippen molar-refractivity contribution in [3.8, 4) is 22.9 Å². The van der Waals surface area contributed by atoms with E-state index in [0.717, 1.165) is 22.2 Å². The van der Waals surface area contributed by atoms with E-state index < -0.39 is 0 Å². The molecule has 128 valence electrons. The summed E-state index contributed by atoms with van der Waals surface area (Å²) in [7, 11) is 0. The lowest BCUT2D eigenvalue weighted by atomic mass is 10.0. The summed E-state index contributed by atoms with van der Waals surface area (Å²) < 4.78 is 19.1. The maximum absolute atomic E-state index is 13.2. The molecule has 5 heteroatoms. The zero-order valence-corrected chi connectivity index (χ0v) is 14.4. The Labute approximate surface area is 150 Å². The van der Waals surface area contributed by atoms with Crippen LogP contribution in [0.2, 0.25) is 0 Å². The molecular weight excluding hydrogens is 329 g/mol. The molecule has 2 aromatic heterocycles. The van der Waals surface area contributed by atoms with Crippen LogP contribution < -0.4 is 4.74 Å². The number of aromatic nitrogens is 3. The molecule has 0 radical (unpaired) electrons. The number of hydrogen-bond acceptors (Lipinski definition) is 4. The molecule has 0 unspecified atom stereocenters. The SMILES string of the molecule is Cc1cc(F)ccc1Oc1ccc2c(-c3ccccc3C)nncc2n1. The average molecular weight is 345 g/mol. The fourth-order valence-electron chi connectivity index (χ4n) is 2.88. The number of ether oxygens (including phenoxy) is 1. The van der Waals surface area contributed by atoms with E-state index in [1.165, 1.54) is 12.1 Å². The summed E-state index contributed by atoms with van der Waals surface area (Å²) in [4.78, 5) is 4.53. The van der Waals surface area contributed by atoms with E-state index in [2.05, 4.69) is 15.2 Å².